The van der Waals surface area contributed by atoms with E-state index in [-0.39, 0.29) is 11.5 Å². The van der Waals surface area contributed by atoms with Gasteiger partial charge in [0.25, 0.3) is 0 Å². The van der Waals surface area contributed by atoms with Crippen molar-refractivity contribution in [2.45, 2.75) is 45.1 Å². The van der Waals surface area contributed by atoms with Crippen LogP contribution in [-0.2, 0) is 4.79 Å². The average Bonchev–Trinajstić information content (AvgIpc) is 2.79. The van der Waals surface area contributed by atoms with Gasteiger partial charge in [0.05, 0.1) is 11.5 Å². The third kappa shape index (κ3) is 2.63. The summed E-state index contributed by atoms with van der Waals surface area (Å²) in [6, 6.07) is 0. The molecule has 0 aromatic heterocycles. The fourth-order valence-corrected chi connectivity index (χ4v) is 3.13. The number of hydrogen-bond acceptors (Lipinski definition) is 3. The van der Waals surface area contributed by atoms with E-state index in [4.69, 9.17) is 0 Å². The van der Waals surface area contributed by atoms with Crippen molar-refractivity contribution in [1.29, 1.82) is 0 Å². The van der Waals surface area contributed by atoms with Crippen LogP contribution in [0.25, 0.3) is 0 Å². The Hall–Kier alpha value is -0.610. The van der Waals surface area contributed by atoms with Crippen molar-refractivity contribution in [1.82, 2.24) is 10.2 Å². The molecule has 0 radical (unpaired) electrons. The smallest absolute Gasteiger partial charge is 0.230 e. The zero-order valence-corrected chi connectivity index (χ0v) is 10.7. The van der Waals surface area contributed by atoms with Crippen LogP contribution in [0.3, 0.4) is 0 Å². The van der Waals surface area contributed by atoms with Gasteiger partial charge in [-0.1, -0.05) is 13.3 Å². The number of amides is 1. The van der Waals surface area contributed by atoms with Gasteiger partial charge in [-0.15, -0.1) is 0 Å². The van der Waals surface area contributed by atoms with E-state index in [2.05, 4.69) is 12.2 Å². The summed E-state index contributed by atoms with van der Waals surface area (Å²) in [6.07, 6.45) is 4.28. The number of carbonyl (C=O) groups is 1. The number of rotatable bonds is 3. The molecule has 2 N–H and O–H groups in total. The molecule has 17 heavy (non-hydrogen) atoms. The standard InChI is InChI=1S/C13H24N2O2/c1-2-5-13(6-7-14-10-13)12(17)15-8-3-11(16)4-9-15/h11,14,16H,2-10H2,1H3. The van der Waals surface area contributed by atoms with Crippen LogP contribution in [0.4, 0.5) is 0 Å². The highest BCUT2D eigenvalue weighted by Gasteiger charge is 2.43. The lowest BCUT2D eigenvalue weighted by molar-refractivity contribution is -0.143. The zero-order chi connectivity index (χ0) is 12.3. The summed E-state index contributed by atoms with van der Waals surface area (Å²) in [5, 5.41) is 12.8. The molecule has 2 saturated heterocycles. The number of nitrogens with zero attached hydrogens (tertiary/aromatic N) is 1. The van der Waals surface area contributed by atoms with E-state index in [9.17, 15) is 9.90 Å². The Morgan fingerprint density at radius 1 is 1.47 bits per heavy atom. The minimum Gasteiger partial charge on any atom is -0.393 e. The summed E-state index contributed by atoms with van der Waals surface area (Å²) in [7, 11) is 0. The first-order valence-electron chi connectivity index (χ1n) is 6.86. The second-order valence-electron chi connectivity index (χ2n) is 5.48. The van der Waals surface area contributed by atoms with Crippen molar-refractivity contribution in [3.05, 3.63) is 0 Å². The molecule has 2 aliphatic heterocycles. The summed E-state index contributed by atoms with van der Waals surface area (Å²) in [6.45, 7) is 5.39. The molecule has 2 rings (SSSR count). The summed E-state index contributed by atoms with van der Waals surface area (Å²) < 4.78 is 0. The fourth-order valence-electron chi connectivity index (χ4n) is 3.13. The highest BCUT2D eigenvalue weighted by atomic mass is 16.3. The van der Waals surface area contributed by atoms with Crippen LogP contribution in [0.5, 0.6) is 0 Å². The molecule has 0 aromatic rings. The number of carbonyl (C=O) groups excluding carboxylic acids is 1. The van der Waals surface area contributed by atoms with Crippen LogP contribution in [0.2, 0.25) is 0 Å². The summed E-state index contributed by atoms with van der Waals surface area (Å²) in [4.78, 5) is 14.6. The zero-order valence-electron chi connectivity index (χ0n) is 10.7. The maximum atomic E-state index is 12.6. The van der Waals surface area contributed by atoms with E-state index in [1.807, 2.05) is 4.90 Å². The highest BCUT2D eigenvalue weighted by molar-refractivity contribution is 5.83. The second kappa shape index (κ2) is 5.36. The van der Waals surface area contributed by atoms with E-state index in [0.717, 1.165) is 58.3 Å². The van der Waals surface area contributed by atoms with Gasteiger partial charge >= 0.3 is 0 Å². The van der Waals surface area contributed by atoms with Gasteiger partial charge in [0.1, 0.15) is 0 Å². The summed E-state index contributed by atoms with van der Waals surface area (Å²) in [5.41, 5.74) is -0.156. The molecule has 2 heterocycles. The van der Waals surface area contributed by atoms with Crippen LogP contribution >= 0.6 is 0 Å². The molecule has 0 spiro atoms. The Kier molecular flexibility index (Phi) is 4.05. The average molecular weight is 240 g/mol. The van der Waals surface area contributed by atoms with Crippen LogP contribution in [-0.4, -0.2) is 48.2 Å². The first kappa shape index (κ1) is 12.8. The maximum absolute atomic E-state index is 12.6. The maximum Gasteiger partial charge on any atom is 0.230 e. The lowest BCUT2D eigenvalue weighted by Gasteiger charge is -2.37. The van der Waals surface area contributed by atoms with Crippen LogP contribution in [0.15, 0.2) is 0 Å². The first-order chi connectivity index (χ1) is 8.18. The van der Waals surface area contributed by atoms with E-state index < -0.39 is 0 Å². The molecule has 4 nitrogen and oxygen atoms in total. The predicted molar refractivity (Wildman–Crippen MR) is 66.6 cm³/mol. The number of piperidine rings is 1. The topological polar surface area (TPSA) is 52.6 Å². The minimum absolute atomic E-state index is 0.156. The lowest BCUT2D eigenvalue weighted by atomic mass is 9.80. The Labute approximate surface area is 103 Å². The van der Waals surface area contributed by atoms with Crippen LogP contribution in [0, 0.1) is 5.41 Å². The molecule has 2 aliphatic rings. The normalized spacial score (nSPS) is 30.8. The number of nitrogens with one attached hydrogen (secondary N) is 1. The monoisotopic (exact) mass is 240 g/mol. The number of likely N-dealkylation sites (tertiary alicyclic amines) is 1. The molecule has 0 aliphatic carbocycles. The first-order valence-corrected chi connectivity index (χ1v) is 6.86. The Balaban J connectivity index is 2.01. The fraction of sp³-hybridized carbons (Fsp3) is 0.923. The quantitative estimate of drug-likeness (QED) is 0.765. The molecule has 1 amide bonds. The predicted octanol–water partition coefficient (Wildman–Crippen LogP) is 0.749. The van der Waals surface area contributed by atoms with Gasteiger partial charge in [-0.25, -0.2) is 0 Å². The van der Waals surface area contributed by atoms with E-state index in [0.29, 0.717) is 5.91 Å². The summed E-state index contributed by atoms with van der Waals surface area (Å²) >= 11 is 0. The lowest BCUT2D eigenvalue weighted by Crippen LogP contribution is -2.49. The number of aliphatic hydroxyl groups is 1. The molecule has 0 saturated carbocycles. The molecular weight excluding hydrogens is 216 g/mol. The van der Waals surface area contributed by atoms with Crippen molar-refractivity contribution < 1.29 is 9.90 Å². The van der Waals surface area contributed by atoms with Crippen molar-refractivity contribution in [3.63, 3.8) is 0 Å². The van der Waals surface area contributed by atoms with E-state index in [1.54, 1.807) is 0 Å². The van der Waals surface area contributed by atoms with Crippen molar-refractivity contribution in [2.75, 3.05) is 26.2 Å². The molecular formula is C13H24N2O2. The minimum atomic E-state index is -0.206. The van der Waals surface area contributed by atoms with E-state index in [1.165, 1.54) is 0 Å². The number of hydrogen-bond donors (Lipinski definition) is 2. The van der Waals surface area contributed by atoms with Gasteiger partial charge in [0, 0.05) is 19.6 Å². The Bertz CT molecular complexity index is 267. The van der Waals surface area contributed by atoms with E-state index >= 15 is 0 Å². The summed E-state index contributed by atoms with van der Waals surface area (Å²) in [5.74, 6) is 0.316. The largest absolute Gasteiger partial charge is 0.393 e. The molecule has 98 valence electrons. The van der Waals surface area contributed by atoms with Crippen LogP contribution in [0.1, 0.15) is 39.0 Å². The van der Waals surface area contributed by atoms with Gasteiger partial charge in [0.15, 0.2) is 0 Å². The molecule has 0 aromatic carbocycles. The van der Waals surface area contributed by atoms with Gasteiger partial charge in [-0.3, -0.25) is 4.79 Å². The Morgan fingerprint density at radius 3 is 2.71 bits per heavy atom. The highest BCUT2D eigenvalue weighted by Crippen LogP contribution is 2.34. The third-order valence-electron chi connectivity index (χ3n) is 4.18. The SMILES string of the molecule is CCCC1(C(=O)N2CCC(O)CC2)CCNC1. The molecule has 2 fully saturated rings. The third-order valence-corrected chi connectivity index (χ3v) is 4.18. The Morgan fingerprint density at radius 2 is 2.18 bits per heavy atom. The van der Waals surface area contributed by atoms with Crippen molar-refractivity contribution in [2.24, 2.45) is 5.41 Å². The second-order valence-corrected chi connectivity index (χ2v) is 5.48. The van der Waals surface area contributed by atoms with Crippen molar-refractivity contribution in [3.8, 4) is 0 Å². The van der Waals surface area contributed by atoms with Gasteiger partial charge in [-0.2, -0.15) is 0 Å². The molecule has 1 atom stereocenters. The molecule has 1 unspecified atom stereocenters. The van der Waals surface area contributed by atoms with Crippen molar-refractivity contribution >= 4 is 5.91 Å². The molecule has 0 bridgehead atoms. The molecule has 4 heteroatoms. The van der Waals surface area contributed by atoms with Gasteiger partial charge in [0.2, 0.25) is 5.91 Å². The van der Waals surface area contributed by atoms with Crippen LogP contribution < -0.4 is 5.32 Å². The van der Waals surface area contributed by atoms with Gasteiger partial charge in [-0.05, 0) is 32.2 Å². The number of aliphatic hydroxyl groups excluding tert-OH is 1. The van der Waals surface area contributed by atoms with Gasteiger partial charge < -0.3 is 15.3 Å².